The van der Waals surface area contributed by atoms with Crippen molar-refractivity contribution in [3.63, 3.8) is 0 Å². The van der Waals surface area contributed by atoms with Gasteiger partial charge in [-0.3, -0.25) is 10.1 Å². The summed E-state index contributed by atoms with van der Waals surface area (Å²) in [6, 6.07) is 6.29. The minimum absolute atomic E-state index is 0.0874. The van der Waals surface area contributed by atoms with Gasteiger partial charge < -0.3 is 10.4 Å². The molecule has 0 amide bonds. The molecule has 0 spiro atoms. The van der Waals surface area contributed by atoms with E-state index in [1.54, 1.807) is 12.1 Å². The van der Waals surface area contributed by atoms with Crippen LogP contribution in [0.5, 0.6) is 0 Å². The standard InChI is InChI=1S/C15H19N3O3/c16-9-12-4-5-13(14(8-12)18(20)21)17-10-15(11-19)6-2-1-3-7-15/h4-5,8,17,19H,1-3,6-7,10-11H2. The number of nitro benzene ring substituents is 1. The molecule has 0 radical (unpaired) electrons. The Balaban J connectivity index is 2.15. The largest absolute Gasteiger partial charge is 0.396 e. The molecule has 0 heterocycles. The van der Waals surface area contributed by atoms with Crippen LogP contribution < -0.4 is 5.32 Å². The first-order valence-electron chi connectivity index (χ1n) is 7.13. The van der Waals surface area contributed by atoms with Crippen molar-refractivity contribution in [1.82, 2.24) is 0 Å². The van der Waals surface area contributed by atoms with Crippen LogP contribution in [0, 0.1) is 26.9 Å². The molecule has 112 valence electrons. The summed E-state index contributed by atoms with van der Waals surface area (Å²) in [6.45, 7) is 0.598. The predicted molar refractivity (Wildman–Crippen MR) is 78.9 cm³/mol. The maximum atomic E-state index is 11.1. The molecule has 0 aromatic heterocycles. The van der Waals surface area contributed by atoms with Gasteiger partial charge in [-0.15, -0.1) is 0 Å². The Morgan fingerprint density at radius 2 is 2.10 bits per heavy atom. The van der Waals surface area contributed by atoms with Gasteiger partial charge in [0.25, 0.3) is 5.69 Å². The van der Waals surface area contributed by atoms with E-state index in [0.29, 0.717) is 12.2 Å². The Bertz CT molecular complexity index is 560. The van der Waals surface area contributed by atoms with Crippen molar-refractivity contribution in [2.24, 2.45) is 5.41 Å². The number of nitrogens with zero attached hydrogens (tertiary/aromatic N) is 2. The molecule has 0 atom stereocenters. The molecule has 21 heavy (non-hydrogen) atoms. The number of anilines is 1. The fourth-order valence-electron chi connectivity index (χ4n) is 2.88. The molecule has 1 saturated carbocycles. The molecule has 0 saturated heterocycles. The van der Waals surface area contributed by atoms with Gasteiger partial charge in [0, 0.05) is 18.0 Å². The van der Waals surface area contributed by atoms with Crippen molar-refractivity contribution >= 4 is 11.4 Å². The van der Waals surface area contributed by atoms with Crippen molar-refractivity contribution in [3.05, 3.63) is 33.9 Å². The van der Waals surface area contributed by atoms with E-state index in [-0.39, 0.29) is 23.3 Å². The number of hydrogen-bond donors (Lipinski definition) is 2. The lowest BCUT2D eigenvalue weighted by Crippen LogP contribution is -2.35. The molecule has 6 heteroatoms. The molecular formula is C15H19N3O3. The molecule has 1 aliphatic rings. The summed E-state index contributed by atoms with van der Waals surface area (Å²) in [5, 5.41) is 32.7. The lowest BCUT2D eigenvalue weighted by molar-refractivity contribution is -0.384. The smallest absolute Gasteiger partial charge is 0.293 e. The van der Waals surface area contributed by atoms with E-state index in [0.717, 1.165) is 25.7 Å². The Kier molecular flexibility index (Phi) is 4.76. The third-order valence-corrected chi connectivity index (χ3v) is 4.23. The summed E-state index contributed by atoms with van der Waals surface area (Å²) >= 11 is 0. The SMILES string of the molecule is N#Cc1ccc(NCC2(CO)CCCCC2)c([N+](=O)[O-])c1. The van der Waals surface area contributed by atoms with Crippen LogP contribution >= 0.6 is 0 Å². The highest BCUT2D eigenvalue weighted by molar-refractivity contribution is 5.64. The first kappa shape index (κ1) is 15.3. The van der Waals surface area contributed by atoms with E-state index in [1.165, 1.54) is 12.5 Å². The van der Waals surface area contributed by atoms with Crippen LogP contribution in [-0.2, 0) is 0 Å². The molecule has 1 aliphatic carbocycles. The average Bonchev–Trinajstić information content (AvgIpc) is 2.53. The van der Waals surface area contributed by atoms with E-state index in [9.17, 15) is 15.2 Å². The first-order chi connectivity index (χ1) is 10.1. The second kappa shape index (κ2) is 6.55. The van der Waals surface area contributed by atoms with Crippen molar-refractivity contribution in [1.29, 1.82) is 5.26 Å². The van der Waals surface area contributed by atoms with Gasteiger partial charge in [-0.1, -0.05) is 19.3 Å². The molecule has 6 nitrogen and oxygen atoms in total. The minimum Gasteiger partial charge on any atom is -0.396 e. The van der Waals surface area contributed by atoms with E-state index in [2.05, 4.69) is 5.32 Å². The Morgan fingerprint density at radius 1 is 1.38 bits per heavy atom. The molecule has 0 unspecified atom stereocenters. The zero-order valence-electron chi connectivity index (χ0n) is 11.8. The van der Waals surface area contributed by atoms with Crippen LogP contribution in [0.25, 0.3) is 0 Å². The Hall–Kier alpha value is -2.13. The second-order valence-corrected chi connectivity index (χ2v) is 5.67. The van der Waals surface area contributed by atoms with Gasteiger partial charge in [-0.05, 0) is 25.0 Å². The number of aliphatic hydroxyl groups excluding tert-OH is 1. The lowest BCUT2D eigenvalue weighted by atomic mass is 9.74. The average molecular weight is 289 g/mol. The highest BCUT2D eigenvalue weighted by atomic mass is 16.6. The fourth-order valence-corrected chi connectivity index (χ4v) is 2.88. The number of hydrogen-bond acceptors (Lipinski definition) is 5. The van der Waals surface area contributed by atoms with Crippen molar-refractivity contribution < 1.29 is 10.0 Å². The molecule has 1 fully saturated rings. The van der Waals surface area contributed by atoms with Gasteiger partial charge in [0.1, 0.15) is 5.69 Å². The van der Waals surface area contributed by atoms with Crippen LogP contribution in [0.2, 0.25) is 0 Å². The predicted octanol–water partition coefficient (Wildman–Crippen LogP) is 2.82. The minimum atomic E-state index is -0.490. The number of rotatable bonds is 5. The Labute approximate surface area is 123 Å². The van der Waals surface area contributed by atoms with E-state index >= 15 is 0 Å². The quantitative estimate of drug-likeness (QED) is 0.641. The summed E-state index contributed by atoms with van der Waals surface area (Å²) in [6.07, 6.45) is 5.20. The molecule has 0 bridgehead atoms. The van der Waals surface area contributed by atoms with Gasteiger partial charge >= 0.3 is 0 Å². The number of nitriles is 1. The third-order valence-electron chi connectivity index (χ3n) is 4.23. The van der Waals surface area contributed by atoms with Crippen LogP contribution in [-0.4, -0.2) is 23.2 Å². The third kappa shape index (κ3) is 3.50. The van der Waals surface area contributed by atoms with Crippen LogP contribution in [0.3, 0.4) is 0 Å². The highest BCUT2D eigenvalue weighted by Crippen LogP contribution is 2.37. The summed E-state index contributed by atoms with van der Waals surface area (Å²) in [4.78, 5) is 10.6. The molecule has 1 aromatic carbocycles. The zero-order valence-corrected chi connectivity index (χ0v) is 11.8. The molecule has 2 rings (SSSR count). The summed E-state index contributed by atoms with van der Waals surface area (Å²) in [5.74, 6) is 0. The van der Waals surface area contributed by atoms with Gasteiger partial charge in [0.15, 0.2) is 0 Å². The van der Waals surface area contributed by atoms with Gasteiger partial charge in [-0.25, -0.2) is 0 Å². The topological polar surface area (TPSA) is 99.2 Å². The number of benzene rings is 1. The summed E-state index contributed by atoms with van der Waals surface area (Å²) in [5.41, 5.74) is 0.372. The number of nitrogens with one attached hydrogen (secondary N) is 1. The number of nitro groups is 1. The van der Waals surface area contributed by atoms with Crippen molar-refractivity contribution in [2.75, 3.05) is 18.5 Å². The maximum absolute atomic E-state index is 11.1. The normalized spacial score (nSPS) is 17.0. The monoisotopic (exact) mass is 289 g/mol. The van der Waals surface area contributed by atoms with E-state index < -0.39 is 4.92 Å². The van der Waals surface area contributed by atoms with Gasteiger partial charge in [0.05, 0.1) is 23.2 Å². The van der Waals surface area contributed by atoms with E-state index in [1.807, 2.05) is 6.07 Å². The highest BCUT2D eigenvalue weighted by Gasteiger charge is 2.31. The van der Waals surface area contributed by atoms with Crippen molar-refractivity contribution in [3.8, 4) is 6.07 Å². The zero-order chi connectivity index (χ0) is 15.3. The molecule has 1 aromatic rings. The Morgan fingerprint density at radius 3 is 2.67 bits per heavy atom. The summed E-state index contributed by atoms with van der Waals surface area (Å²) in [7, 11) is 0. The molecule has 0 aliphatic heterocycles. The van der Waals surface area contributed by atoms with Gasteiger partial charge in [0.2, 0.25) is 0 Å². The second-order valence-electron chi connectivity index (χ2n) is 5.67. The number of aliphatic hydroxyl groups is 1. The molecule has 2 N–H and O–H groups in total. The van der Waals surface area contributed by atoms with Crippen LogP contribution in [0.15, 0.2) is 18.2 Å². The van der Waals surface area contributed by atoms with Crippen LogP contribution in [0.4, 0.5) is 11.4 Å². The van der Waals surface area contributed by atoms with E-state index in [4.69, 9.17) is 5.26 Å². The fraction of sp³-hybridized carbons (Fsp3) is 0.533. The van der Waals surface area contributed by atoms with Gasteiger partial charge in [-0.2, -0.15) is 5.26 Å². The molecular weight excluding hydrogens is 270 g/mol. The lowest BCUT2D eigenvalue weighted by Gasteiger charge is -2.35. The first-order valence-corrected chi connectivity index (χ1v) is 7.13. The van der Waals surface area contributed by atoms with Crippen molar-refractivity contribution in [2.45, 2.75) is 32.1 Å². The summed E-state index contributed by atoms with van der Waals surface area (Å²) < 4.78 is 0. The van der Waals surface area contributed by atoms with Crippen LogP contribution in [0.1, 0.15) is 37.7 Å². The maximum Gasteiger partial charge on any atom is 0.293 e.